The maximum Gasteiger partial charge on any atom is 0.192 e. The Bertz CT molecular complexity index is 327. The van der Waals surface area contributed by atoms with Gasteiger partial charge in [0.05, 0.1) is 0 Å². The highest BCUT2D eigenvalue weighted by Crippen LogP contribution is 2.39. The van der Waals surface area contributed by atoms with Crippen LogP contribution in [0.25, 0.3) is 0 Å². The molecule has 0 amide bonds. The van der Waals surface area contributed by atoms with Gasteiger partial charge in [0.25, 0.3) is 0 Å². The monoisotopic (exact) mass is 360 g/mol. The standard InChI is InChI=1S/C13H28O2Si.C6H12O2/c1-13(2,3)16(4,5)15-12-8-6-11(10-14)7-9-12;7-5-6-1-3-8-4-2-6/h11-12,14H,6-10H2,1-5H3;6-7H,1-5H2. The third-order valence-electron chi connectivity index (χ3n) is 5.92. The van der Waals surface area contributed by atoms with Crippen molar-refractivity contribution in [1.29, 1.82) is 0 Å². The lowest BCUT2D eigenvalue weighted by Gasteiger charge is -2.41. The molecule has 0 atom stereocenters. The zero-order valence-corrected chi connectivity index (χ0v) is 17.5. The molecule has 2 rings (SSSR count). The van der Waals surface area contributed by atoms with E-state index in [1.54, 1.807) is 0 Å². The molecule has 1 saturated heterocycles. The van der Waals surface area contributed by atoms with Crippen molar-refractivity contribution in [3.05, 3.63) is 0 Å². The SMILES string of the molecule is CC(C)(C)[Si](C)(C)OC1CCC(CO)CC1.OCC1CCOCC1. The molecule has 2 fully saturated rings. The average Bonchev–Trinajstić information content (AvgIpc) is 2.55. The van der Waals surface area contributed by atoms with Gasteiger partial charge in [-0.05, 0) is 68.5 Å². The molecule has 0 aromatic heterocycles. The molecule has 0 aromatic rings. The summed E-state index contributed by atoms with van der Waals surface area (Å²) in [4.78, 5) is 0. The van der Waals surface area contributed by atoms with E-state index in [9.17, 15) is 0 Å². The van der Waals surface area contributed by atoms with E-state index >= 15 is 0 Å². The summed E-state index contributed by atoms with van der Waals surface area (Å²) in [6.45, 7) is 13.9. The fraction of sp³-hybridized carbons (Fsp3) is 1.00. The topological polar surface area (TPSA) is 58.9 Å². The summed E-state index contributed by atoms with van der Waals surface area (Å²) >= 11 is 0. The first-order valence-corrected chi connectivity index (χ1v) is 12.6. The van der Waals surface area contributed by atoms with E-state index in [-0.39, 0.29) is 0 Å². The second-order valence-electron chi connectivity index (χ2n) is 8.94. The number of aliphatic hydroxyl groups is 2. The predicted octanol–water partition coefficient (Wildman–Crippen LogP) is 3.96. The molecule has 0 spiro atoms. The molecule has 24 heavy (non-hydrogen) atoms. The summed E-state index contributed by atoms with van der Waals surface area (Å²) in [5, 5.41) is 18.0. The first-order valence-electron chi connectivity index (χ1n) is 9.67. The molecule has 0 aromatic carbocycles. The van der Waals surface area contributed by atoms with Crippen LogP contribution in [0, 0.1) is 11.8 Å². The molecule has 2 aliphatic rings. The van der Waals surface area contributed by atoms with Crippen LogP contribution in [-0.4, -0.2) is 51.1 Å². The van der Waals surface area contributed by atoms with E-state index in [2.05, 4.69) is 33.9 Å². The minimum atomic E-state index is -1.59. The molecule has 1 aliphatic heterocycles. The number of aliphatic hydroxyl groups excluding tert-OH is 2. The Kier molecular flexibility index (Phi) is 9.45. The van der Waals surface area contributed by atoms with Gasteiger partial charge in [0.15, 0.2) is 8.32 Å². The number of hydrogen-bond acceptors (Lipinski definition) is 4. The second kappa shape index (κ2) is 10.3. The zero-order valence-electron chi connectivity index (χ0n) is 16.5. The first-order chi connectivity index (χ1) is 11.2. The van der Waals surface area contributed by atoms with E-state index in [0.717, 1.165) is 51.7 Å². The Morgan fingerprint density at radius 2 is 1.33 bits per heavy atom. The van der Waals surface area contributed by atoms with Crippen LogP contribution < -0.4 is 0 Å². The highest BCUT2D eigenvalue weighted by molar-refractivity contribution is 6.74. The van der Waals surface area contributed by atoms with Crippen molar-refractivity contribution in [3.63, 3.8) is 0 Å². The van der Waals surface area contributed by atoms with Crippen LogP contribution in [0.2, 0.25) is 18.1 Å². The third-order valence-corrected chi connectivity index (χ3v) is 10.5. The summed E-state index contributed by atoms with van der Waals surface area (Å²) in [5.74, 6) is 1.04. The van der Waals surface area contributed by atoms with E-state index in [1.807, 2.05) is 0 Å². The smallest absolute Gasteiger partial charge is 0.192 e. The summed E-state index contributed by atoms with van der Waals surface area (Å²) in [6.07, 6.45) is 7.07. The third kappa shape index (κ3) is 7.52. The first kappa shape index (κ1) is 22.1. The quantitative estimate of drug-likeness (QED) is 0.745. The van der Waals surface area contributed by atoms with E-state index in [4.69, 9.17) is 19.4 Å². The van der Waals surface area contributed by atoms with Crippen LogP contribution in [-0.2, 0) is 9.16 Å². The van der Waals surface area contributed by atoms with Gasteiger partial charge in [-0.2, -0.15) is 0 Å². The highest BCUT2D eigenvalue weighted by atomic mass is 28.4. The fourth-order valence-corrected chi connectivity index (χ4v) is 4.38. The lowest BCUT2D eigenvalue weighted by Crippen LogP contribution is -2.44. The van der Waals surface area contributed by atoms with Crippen LogP contribution >= 0.6 is 0 Å². The minimum Gasteiger partial charge on any atom is -0.414 e. The maximum absolute atomic E-state index is 9.11. The van der Waals surface area contributed by atoms with Crippen LogP contribution in [0.1, 0.15) is 59.3 Å². The Labute approximate surface area is 150 Å². The molecule has 0 bridgehead atoms. The van der Waals surface area contributed by atoms with Gasteiger partial charge in [-0.1, -0.05) is 20.8 Å². The zero-order chi connectivity index (χ0) is 18.2. The van der Waals surface area contributed by atoms with E-state index in [0.29, 0.717) is 36.2 Å². The van der Waals surface area contributed by atoms with Gasteiger partial charge in [0.2, 0.25) is 0 Å². The van der Waals surface area contributed by atoms with Gasteiger partial charge in [-0.15, -0.1) is 0 Å². The molecular weight excluding hydrogens is 320 g/mol. The van der Waals surface area contributed by atoms with E-state index < -0.39 is 8.32 Å². The molecular formula is C19H40O4Si. The number of rotatable bonds is 4. The van der Waals surface area contributed by atoms with Gasteiger partial charge >= 0.3 is 0 Å². The normalized spacial score (nSPS) is 26.6. The lowest BCUT2D eigenvalue weighted by atomic mass is 9.88. The fourth-order valence-electron chi connectivity index (χ4n) is 2.95. The van der Waals surface area contributed by atoms with Gasteiger partial charge in [0.1, 0.15) is 0 Å². The molecule has 144 valence electrons. The van der Waals surface area contributed by atoms with Crippen molar-refractivity contribution in [1.82, 2.24) is 0 Å². The number of ether oxygens (including phenoxy) is 1. The number of hydrogen-bond donors (Lipinski definition) is 2. The van der Waals surface area contributed by atoms with Gasteiger partial charge < -0.3 is 19.4 Å². The van der Waals surface area contributed by atoms with Crippen molar-refractivity contribution >= 4 is 8.32 Å². The molecule has 1 saturated carbocycles. The predicted molar refractivity (Wildman–Crippen MR) is 102 cm³/mol. The summed E-state index contributed by atoms with van der Waals surface area (Å²) in [6, 6.07) is 0. The Hall–Kier alpha value is 0.0569. The molecule has 1 heterocycles. The summed E-state index contributed by atoms with van der Waals surface area (Å²) < 4.78 is 11.5. The molecule has 1 aliphatic carbocycles. The summed E-state index contributed by atoms with van der Waals surface area (Å²) in [5.41, 5.74) is 0. The van der Waals surface area contributed by atoms with E-state index in [1.165, 1.54) is 0 Å². The van der Waals surface area contributed by atoms with Crippen molar-refractivity contribution in [2.24, 2.45) is 11.8 Å². The Balaban J connectivity index is 0.000000300. The average molecular weight is 361 g/mol. The lowest BCUT2D eigenvalue weighted by molar-refractivity contribution is 0.0455. The van der Waals surface area contributed by atoms with Crippen LogP contribution in [0.4, 0.5) is 0 Å². The van der Waals surface area contributed by atoms with Crippen LogP contribution in [0.3, 0.4) is 0 Å². The van der Waals surface area contributed by atoms with Crippen molar-refractivity contribution in [3.8, 4) is 0 Å². The summed E-state index contributed by atoms with van der Waals surface area (Å²) in [7, 11) is -1.59. The van der Waals surface area contributed by atoms with Gasteiger partial charge in [-0.25, -0.2) is 0 Å². The Morgan fingerprint density at radius 1 is 0.875 bits per heavy atom. The van der Waals surface area contributed by atoms with Crippen molar-refractivity contribution < 1.29 is 19.4 Å². The van der Waals surface area contributed by atoms with Gasteiger partial charge in [0, 0.05) is 32.5 Å². The van der Waals surface area contributed by atoms with Crippen molar-refractivity contribution in [2.75, 3.05) is 26.4 Å². The second-order valence-corrected chi connectivity index (χ2v) is 13.7. The molecule has 2 N–H and O–H groups in total. The van der Waals surface area contributed by atoms with Crippen LogP contribution in [0.15, 0.2) is 0 Å². The van der Waals surface area contributed by atoms with Crippen molar-refractivity contribution in [2.45, 2.75) is 83.5 Å². The maximum atomic E-state index is 9.11. The largest absolute Gasteiger partial charge is 0.414 e. The minimum absolute atomic E-state index is 0.306. The molecule has 5 heteroatoms. The molecule has 0 unspecified atom stereocenters. The molecule has 4 nitrogen and oxygen atoms in total. The van der Waals surface area contributed by atoms with Gasteiger partial charge in [-0.3, -0.25) is 0 Å². The highest BCUT2D eigenvalue weighted by Gasteiger charge is 2.39. The Morgan fingerprint density at radius 3 is 1.71 bits per heavy atom. The van der Waals surface area contributed by atoms with Crippen LogP contribution in [0.5, 0.6) is 0 Å². The molecule has 0 radical (unpaired) electrons.